The number of carbonyl (C=O) groups excluding carboxylic acids is 1. The van der Waals surface area contributed by atoms with Crippen LogP contribution in [0.2, 0.25) is 0 Å². The van der Waals surface area contributed by atoms with Crippen LogP contribution in [0.4, 0.5) is 0 Å². The summed E-state index contributed by atoms with van der Waals surface area (Å²) in [5.74, 6) is -1.15. The molecule has 122 valence electrons. The van der Waals surface area contributed by atoms with E-state index in [9.17, 15) is 14.7 Å². The van der Waals surface area contributed by atoms with E-state index in [1.54, 1.807) is 37.3 Å². The first-order valence-corrected chi connectivity index (χ1v) is 7.47. The highest BCUT2D eigenvalue weighted by atomic mass is 16.4. The van der Waals surface area contributed by atoms with Crippen LogP contribution in [0.5, 0.6) is 0 Å². The number of nitrogens with zero attached hydrogens (tertiary/aromatic N) is 1. The number of benzene rings is 1. The van der Waals surface area contributed by atoms with Crippen molar-refractivity contribution in [1.29, 1.82) is 0 Å². The molecule has 0 saturated carbocycles. The van der Waals surface area contributed by atoms with E-state index in [-0.39, 0.29) is 18.2 Å². The van der Waals surface area contributed by atoms with Gasteiger partial charge >= 0.3 is 5.97 Å². The van der Waals surface area contributed by atoms with E-state index in [2.05, 4.69) is 15.5 Å². The van der Waals surface area contributed by atoms with Crippen molar-refractivity contribution in [3.63, 3.8) is 0 Å². The average Bonchev–Trinajstić information content (AvgIpc) is 3.03. The van der Waals surface area contributed by atoms with Crippen LogP contribution in [0.1, 0.15) is 48.4 Å². The van der Waals surface area contributed by atoms with Crippen LogP contribution >= 0.6 is 0 Å². The summed E-state index contributed by atoms with van der Waals surface area (Å²) in [6.45, 7) is 5.56. The number of nitrogens with one attached hydrogen (secondary N) is 2. The number of amides is 1. The zero-order valence-electron chi connectivity index (χ0n) is 13.5. The minimum Gasteiger partial charge on any atom is -0.481 e. The van der Waals surface area contributed by atoms with Gasteiger partial charge in [0.15, 0.2) is 0 Å². The molecule has 0 aliphatic heterocycles. The third-order valence-corrected chi connectivity index (χ3v) is 3.94. The van der Waals surface area contributed by atoms with Crippen LogP contribution in [0, 0.1) is 0 Å². The fourth-order valence-corrected chi connectivity index (χ4v) is 2.20. The van der Waals surface area contributed by atoms with Gasteiger partial charge in [-0.3, -0.25) is 14.7 Å². The van der Waals surface area contributed by atoms with Gasteiger partial charge in [0.25, 0.3) is 5.91 Å². The van der Waals surface area contributed by atoms with Crippen LogP contribution in [0.3, 0.4) is 0 Å². The first-order chi connectivity index (χ1) is 10.8. The molecule has 1 heterocycles. The van der Waals surface area contributed by atoms with Crippen molar-refractivity contribution in [2.24, 2.45) is 0 Å². The molecule has 2 aromatic rings. The number of aromatic amines is 1. The molecular formula is C17H21N3O3. The molecule has 0 bridgehead atoms. The molecule has 6 heteroatoms. The van der Waals surface area contributed by atoms with Gasteiger partial charge in [-0.25, -0.2) is 0 Å². The lowest BCUT2D eigenvalue weighted by Gasteiger charge is -2.25. The lowest BCUT2D eigenvalue weighted by molar-refractivity contribution is -0.142. The first kappa shape index (κ1) is 16.7. The number of aromatic nitrogens is 2. The van der Waals surface area contributed by atoms with Crippen LogP contribution in [0.25, 0.3) is 0 Å². The smallest absolute Gasteiger partial charge is 0.315 e. The maximum Gasteiger partial charge on any atom is 0.315 e. The molecule has 3 N–H and O–H groups in total. The Morgan fingerprint density at radius 1 is 1.30 bits per heavy atom. The Balaban J connectivity index is 2.12. The Hall–Kier alpha value is -2.63. The molecule has 6 nitrogen and oxygen atoms in total. The van der Waals surface area contributed by atoms with E-state index in [4.69, 9.17) is 0 Å². The van der Waals surface area contributed by atoms with Gasteiger partial charge in [0.1, 0.15) is 11.1 Å². The molecule has 2 rings (SSSR count). The molecule has 1 aromatic carbocycles. The highest BCUT2D eigenvalue weighted by Crippen LogP contribution is 2.23. The summed E-state index contributed by atoms with van der Waals surface area (Å²) >= 11 is 0. The van der Waals surface area contributed by atoms with Gasteiger partial charge in [-0.05, 0) is 24.5 Å². The molecule has 0 aliphatic carbocycles. The van der Waals surface area contributed by atoms with Gasteiger partial charge in [-0.2, -0.15) is 5.10 Å². The van der Waals surface area contributed by atoms with Crippen molar-refractivity contribution < 1.29 is 14.7 Å². The zero-order valence-corrected chi connectivity index (χ0v) is 13.5. The average molecular weight is 315 g/mol. The van der Waals surface area contributed by atoms with Crippen molar-refractivity contribution in [3.8, 4) is 0 Å². The lowest BCUT2D eigenvalue weighted by atomic mass is 9.82. The number of carboxylic acids is 1. The Labute approximate surface area is 134 Å². The van der Waals surface area contributed by atoms with Crippen LogP contribution < -0.4 is 5.32 Å². The van der Waals surface area contributed by atoms with E-state index in [0.29, 0.717) is 5.56 Å². The molecule has 1 atom stereocenters. The van der Waals surface area contributed by atoms with Gasteiger partial charge in [-0.15, -0.1) is 0 Å². The molecule has 0 spiro atoms. The predicted molar refractivity (Wildman–Crippen MR) is 86.4 cm³/mol. The maximum atomic E-state index is 12.2. The van der Waals surface area contributed by atoms with Crippen LogP contribution in [-0.4, -0.2) is 33.7 Å². The molecule has 1 aromatic heterocycles. The summed E-state index contributed by atoms with van der Waals surface area (Å²) < 4.78 is 0. The second-order valence-electron chi connectivity index (χ2n) is 6.05. The zero-order chi connectivity index (χ0) is 17.0. The Morgan fingerprint density at radius 2 is 1.96 bits per heavy atom. The number of hydrogen-bond acceptors (Lipinski definition) is 3. The number of H-pyrrole nitrogens is 1. The van der Waals surface area contributed by atoms with Crippen molar-refractivity contribution in [3.05, 3.63) is 53.3 Å². The lowest BCUT2D eigenvalue weighted by Crippen LogP contribution is -2.44. The highest BCUT2D eigenvalue weighted by Gasteiger charge is 2.35. The first-order valence-electron chi connectivity index (χ1n) is 7.47. The second kappa shape index (κ2) is 6.64. The van der Waals surface area contributed by atoms with Gasteiger partial charge in [0, 0.05) is 12.2 Å². The fraction of sp³-hybridized carbons (Fsp3) is 0.353. The third-order valence-electron chi connectivity index (χ3n) is 3.94. The second-order valence-corrected chi connectivity index (χ2v) is 6.05. The SMILES string of the molecule is CC(C)c1cc(C(=O)NCC(C)(C(=O)O)c2ccccc2)n[nH]1. The largest absolute Gasteiger partial charge is 0.481 e. The van der Waals surface area contributed by atoms with E-state index in [1.165, 1.54) is 0 Å². The van der Waals surface area contributed by atoms with Crippen molar-refractivity contribution >= 4 is 11.9 Å². The van der Waals surface area contributed by atoms with Crippen LogP contribution in [-0.2, 0) is 10.2 Å². The predicted octanol–water partition coefficient (Wildman–Crippen LogP) is 2.31. The van der Waals surface area contributed by atoms with Crippen LogP contribution in [0.15, 0.2) is 36.4 Å². The summed E-state index contributed by atoms with van der Waals surface area (Å²) in [6.07, 6.45) is 0. The van der Waals surface area contributed by atoms with Gasteiger partial charge in [0.2, 0.25) is 0 Å². The number of carboxylic acid groups (broad SMARTS) is 1. The summed E-state index contributed by atoms with van der Waals surface area (Å²) in [4.78, 5) is 23.9. The summed E-state index contributed by atoms with van der Waals surface area (Å²) in [7, 11) is 0. The molecule has 1 unspecified atom stereocenters. The fourth-order valence-electron chi connectivity index (χ4n) is 2.20. The number of carbonyl (C=O) groups is 2. The van der Waals surface area contributed by atoms with Crippen molar-refractivity contribution in [1.82, 2.24) is 15.5 Å². The molecule has 0 fully saturated rings. The van der Waals surface area contributed by atoms with E-state index < -0.39 is 17.3 Å². The van der Waals surface area contributed by atoms with Gasteiger partial charge in [0.05, 0.1) is 0 Å². The van der Waals surface area contributed by atoms with Crippen molar-refractivity contribution in [2.75, 3.05) is 6.54 Å². The normalized spacial score (nSPS) is 13.6. The minimum atomic E-state index is -1.20. The van der Waals surface area contributed by atoms with Crippen molar-refractivity contribution in [2.45, 2.75) is 32.1 Å². The number of rotatable bonds is 6. The van der Waals surface area contributed by atoms with E-state index in [1.807, 2.05) is 19.9 Å². The minimum absolute atomic E-state index is 0.0188. The maximum absolute atomic E-state index is 12.2. The van der Waals surface area contributed by atoms with E-state index in [0.717, 1.165) is 5.69 Å². The Bertz CT molecular complexity index is 694. The molecule has 23 heavy (non-hydrogen) atoms. The number of aliphatic carboxylic acids is 1. The molecule has 0 saturated heterocycles. The molecule has 1 amide bonds. The number of hydrogen-bond donors (Lipinski definition) is 3. The highest BCUT2D eigenvalue weighted by molar-refractivity contribution is 5.93. The monoisotopic (exact) mass is 315 g/mol. The van der Waals surface area contributed by atoms with Gasteiger partial charge in [-0.1, -0.05) is 44.2 Å². The summed E-state index contributed by atoms with van der Waals surface area (Å²) in [5.41, 5.74) is 0.556. The topological polar surface area (TPSA) is 95.1 Å². The molecular weight excluding hydrogens is 294 g/mol. The van der Waals surface area contributed by atoms with E-state index >= 15 is 0 Å². The third kappa shape index (κ3) is 3.59. The molecule has 0 radical (unpaired) electrons. The summed E-state index contributed by atoms with van der Waals surface area (Å²) in [5, 5.41) is 19.0. The Morgan fingerprint density at radius 3 is 2.48 bits per heavy atom. The Kier molecular flexibility index (Phi) is 4.83. The molecule has 0 aliphatic rings. The summed E-state index contributed by atoms with van der Waals surface area (Å²) in [6, 6.07) is 10.5. The quantitative estimate of drug-likeness (QED) is 0.762. The standard InChI is InChI=1S/C17H21N3O3/c1-11(2)13-9-14(20-19-13)15(21)18-10-17(3,16(22)23)12-7-5-4-6-8-12/h4-9,11H,10H2,1-3H3,(H,18,21)(H,19,20)(H,22,23). The van der Waals surface area contributed by atoms with Gasteiger partial charge < -0.3 is 10.4 Å².